The van der Waals surface area contributed by atoms with E-state index >= 15 is 4.39 Å². The Bertz CT molecular complexity index is 1010. The highest BCUT2D eigenvalue weighted by Gasteiger charge is 2.15. The second-order valence-corrected chi connectivity index (χ2v) is 8.19. The first-order chi connectivity index (χ1) is 15.7. The zero-order valence-electron chi connectivity index (χ0n) is 18.3. The number of hydrogen-bond donors (Lipinski definition) is 1. The Morgan fingerprint density at radius 2 is 1.41 bits per heavy atom. The third-order valence-corrected chi connectivity index (χ3v) is 5.94. The van der Waals surface area contributed by atoms with Crippen LogP contribution in [-0.4, -0.2) is 36.2 Å². The summed E-state index contributed by atoms with van der Waals surface area (Å²) in [5.74, 6) is 0.516. The molecule has 166 valence electrons. The van der Waals surface area contributed by atoms with Crippen molar-refractivity contribution in [3.8, 4) is 5.75 Å². The average Bonchev–Trinajstić information content (AvgIpc) is 2.87. The third-order valence-electron chi connectivity index (χ3n) is 5.94. The van der Waals surface area contributed by atoms with E-state index in [9.17, 15) is 5.11 Å². The molecule has 3 aromatic rings. The number of likely N-dealkylation sites (tertiary alicyclic amines) is 1. The van der Waals surface area contributed by atoms with Gasteiger partial charge in [0, 0.05) is 17.7 Å². The van der Waals surface area contributed by atoms with Crippen LogP contribution >= 0.6 is 0 Å². The summed E-state index contributed by atoms with van der Waals surface area (Å²) in [6.45, 7) is 3.87. The summed E-state index contributed by atoms with van der Waals surface area (Å²) < 4.78 is 21.6. The summed E-state index contributed by atoms with van der Waals surface area (Å²) in [7, 11) is 0. The summed E-state index contributed by atoms with van der Waals surface area (Å²) in [5.41, 5.74) is 3.41. The molecule has 1 saturated heterocycles. The molecule has 4 rings (SSSR count). The third kappa shape index (κ3) is 5.64. The fourth-order valence-corrected chi connectivity index (χ4v) is 4.12. The van der Waals surface area contributed by atoms with Gasteiger partial charge in [0.25, 0.3) is 0 Å². The molecule has 3 nitrogen and oxygen atoms in total. The minimum absolute atomic E-state index is 0.0377. The number of benzene rings is 3. The molecule has 0 saturated carbocycles. The number of aliphatic hydroxyl groups excluding tert-OH is 1. The summed E-state index contributed by atoms with van der Waals surface area (Å²) in [6, 6.07) is 24.1. The zero-order chi connectivity index (χ0) is 22.2. The van der Waals surface area contributed by atoms with Crippen LogP contribution in [0.3, 0.4) is 0 Å². The molecule has 0 spiro atoms. The van der Waals surface area contributed by atoms with Gasteiger partial charge in [-0.1, -0.05) is 73.2 Å². The Kier molecular flexibility index (Phi) is 7.70. The minimum Gasteiger partial charge on any atom is -0.492 e. The van der Waals surface area contributed by atoms with E-state index in [4.69, 9.17) is 4.74 Å². The molecule has 1 fully saturated rings. The van der Waals surface area contributed by atoms with Gasteiger partial charge >= 0.3 is 0 Å². The van der Waals surface area contributed by atoms with Crippen molar-refractivity contribution in [1.82, 2.24) is 4.90 Å². The van der Waals surface area contributed by atoms with Gasteiger partial charge in [0.15, 0.2) is 0 Å². The average molecular weight is 432 g/mol. The molecule has 4 heteroatoms. The van der Waals surface area contributed by atoms with Gasteiger partial charge in [-0.05, 0) is 54.8 Å². The number of aliphatic hydroxyl groups is 1. The van der Waals surface area contributed by atoms with Crippen molar-refractivity contribution >= 4 is 11.4 Å². The Hall–Kier alpha value is -2.95. The minimum atomic E-state index is -0.277. The van der Waals surface area contributed by atoms with Crippen LogP contribution in [0.4, 0.5) is 4.39 Å². The molecule has 1 aliphatic rings. The van der Waals surface area contributed by atoms with Gasteiger partial charge in [0.2, 0.25) is 0 Å². The van der Waals surface area contributed by atoms with Crippen molar-refractivity contribution < 1.29 is 14.2 Å². The first-order valence-corrected chi connectivity index (χ1v) is 11.4. The molecule has 1 aliphatic heterocycles. The Balaban J connectivity index is 1.55. The van der Waals surface area contributed by atoms with Gasteiger partial charge in [0.1, 0.15) is 18.2 Å². The van der Waals surface area contributed by atoms with Gasteiger partial charge in [-0.25, -0.2) is 4.39 Å². The normalized spacial score (nSPS) is 15.3. The predicted molar refractivity (Wildman–Crippen MR) is 128 cm³/mol. The number of piperidine rings is 1. The molecule has 0 radical (unpaired) electrons. The van der Waals surface area contributed by atoms with Gasteiger partial charge in [-0.3, -0.25) is 4.90 Å². The maximum Gasteiger partial charge on any atom is 0.138 e. The smallest absolute Gasteiger partial charge is 0.138 e. The highest BCUT2D eigenvalue weighted by atomic mass is 19.1. The second-order valence-electron chi connectivity index (χ2n) is 8.19. The van der Waals surface area contributed by atoms with Crippen LogP contribution < -0.4 is 4.74 Å². The number of hydrogen-bond acceptors (Lipinski definition) is 3. The van der Waals surface area contributed by atoms with Crippen molar-refractivity contribution in [2.24, 2.45) is 0 Å². The first-order valence-electron chi connectivity index (χ1n) is 11.4. The van der Waals surface area contributed by atoms with Crippen molar-refractivity contribution in [2.45, 2.75) is 25.9 Å². The van der Waals surface area contributed by atoms with E-state index in [1.807, 2.05) is 66.7 Å². The van der Waals surface area contributed by atoms with Crippen LogP contribution in [-0.2, 0) is 6.61 Å². The molecule has 32 heavy (non-hydrogen) atoms. The van der Waals surface area contributed by atoms with Gasteiger partial charge < -0.3 is 9.84 Å². The van der Waals surface area contributed by atoms with E-state index in [0.717, 1.165) is 42.1 Å². The van der Waals surface area contributed by atoms with Gasteiger partial charge in [-0.15, -0.1) is 0 Å². The summed E-state index contributed by atoms with van der Waals surface area (Å²) in [6.07, 6.45) is 3.88. The lowest BCUT2D eigenvalue weighted by Crippen LogP contribution is -2.33. The standard InChI is InChI=1S/C28H30FNO2/c29-28(25-7-3-1-4-8-25)27(23-11-9-22(21-31)10-12-23)24-13-15-26(16-14-24)32-20-19-30-17-5-2-6-18-30/h1,3-4,7-16,31H,2,5-6,17-21H2/b28-27+. The Labute approximate surface area is 189 Å². The van der Waals surface area contributed by atoms with Crippen molar-refractivity contribution in [2.75, 3.05) is 26.2 Å². The monoisotopic (exact) mass is 431 g/mol. The molecule has 0 atom stereocenters. The number of rotatable bonds is 8. The molecule has 0 amide bonds. The van der Waals surface area contributed by atoms with E-state index in [1.54, 1.807) is 12.1 Å². The zero-order valence-corrected chi connectivity index (χ0v) is 18.3. The largest absolute Gasteiger partial charge is 0.492 e. The maximum absolute atomic E-state index is 15.7. The topological polar surface area (TPSA) is 32.7 Å². The van der Waals surface area contributed by atoms with Crippen molar-refractivity contribution in [3.05, 3.63) is 101 Å². The Morgan fingerprint density at radius 1 is 0.781 bits per heavy atom. The molecule has 0 bridgehead atoms. The molecule has 0 aliphatic carbocycles. The predicted octanol–water partition coefficient (Wildman–Crippen LogP) is 5.93. The van der Waals surface area contributed by atoms with E-state index in [-0.39, 0.29) is 12.4 Å². The van der Waals surface area contributed by atoms with Gasteiger partial charge in [0.05, 0.1) is 6.61 Å². The lowest BCUT2D eigenvalue weighted by atomic mass is 9.94. The number of halogens is 1. The van der Waals surface area contributed by atoms with Crippen LogP contribution in [0.5, 0.6) is 5.75 Å². The highest BCUT2D eigenvalue weighted by molar-refractivity contribution is 5.95. The lowest BCUT2D eigenvalue weighted by Gasteiger charge is -2.26. The van der Waals surface area contributed by atoms with Crippen molar-refractivity contribution in [3.63, 3.8) is 0 Å². The molecular formula is C28H30FNO2. The number of nitrogens with zero attached hydrogens (tertiary/aromatic N) is 1. The molecule has 1 N–H and O–H groups in total. The van der Waals surface area contributed by atoms with Crippen LogP contribution in [0.25, 0.3) is 11.4 Å². The summed E-state index contributed by atoms with van der Waals surface area (Å²) in [5, 5.41) is 9.35. The highest BCUT2D eigenvalue weighted by Crippen LogP contribution is 2.34. The van der Waals surface area contributed by atoms with Crippen LogP contribution in [0.1, 0.15) is 41.5 Å². The second kappa shape index (κ2) is 11.1. The lowest BCUT2D eigenvalue weighted by molar-refractivity contribution is 0.183. The fourth-order valence-electron chi connectivity index (χ4n) is 4.12. The van der Waals surface area contributed by atoms with Crippen LogP contribution in [0, 0.1) is 0 Å². The van der Waals surface area contributed by atoms with E-state index in [0.29, 0.717) is 17.7 Å². The molecule has 3 aromatic carbocycles. The molecular weight excluding hydrogens is 401 g/mol. The Morgan fingerprint density at radius 3 is 2.03 bits per heavy atom. The molecule has 1 heterocycles. The van der Waals surface area contributed by atoms with E-state index < -0.39 is 0 Å². The van der Waals surface area contributed by atoms with Crippen LogP contribution in [0.15, 0.2) is 78.9 Å². The van der Waals surface area contributed by atoms with Gasteiger partial charge in [-0.2, -0.15) is 0 Å². The SMILES string of the molecule is OCc1ccc(/C(=C(\F)c2ccccc2)c2ccc(OCCN3CCCCC3)cc2)cc1. The molecule has 0 unspecified atom stereocenters. The van der Waals surface area contributed by atoms with E-state index in [1.165, 1.54) is 19.3 Å². The fraction of sp³-hybridized carbons (Fsp3) is 0.286. The van der Waals surface area contributed by atoms with E-state index in [2.05, 4.69) is 4.90 Å². The summed E-state index contributed by atoms with van der Waals surface area (Å²) >= 11 is 0. The quantitative estimate of drug-likeness (QED) is 0.449. The molecule has 0 aromatic heterocycles. The first kappa shape index (κ1) is 22.3. The van der Waals surface area contributed by atoms with Crippen molar-refractivity contribution in [1.29, 1.82) is 0 Å². The maximum atomic E-state index is 15.7. The van der Waals surface area contributed by atoms with Crippen LogP contribution in [0.2, 0.25) is 0 Å². The number of ether oxygens (including phenoxy) is 1. The summed E-state index contributed by atoms with van der Waals surface area (Å²) in [4.78, 5) is 2.45.